The van der Waals surface area contributed by atoms with Gasteiger partial charge in [0.05, 0.1) is 19.8 Å². The second kappa shape index (κ2) is 11.8. The second-order valence-electron chi connectivity index (χ2n) is 9.88. The van der Waals surface area contributed by atoms with E-state index in [4.69, 9.17) is 9.47 Å². The number of carbonyl (C=O) groups is 3. The predicted octanol–water partition coefficient (Wildman–Crippen LogP) is 5.52. The minimum absolute atomic E-state index is 0.289. The second-order valence-corrected chi connectivity index (χ2v) is 9.88. The number of carbonyl (C=O) groups excluding carboxylic acids is 3. The van der Waals surface area contributed by atoms with Crippen LogP contribution >= 0.6 is 0 Å². The van der Waals surface area contributed by atoms with Crippen molar-refractivity contribution in [2.75, 3.05) is 37.5 Å². The Morgan fingerprint density at radius 3 is 2.24 bits per heavy atom. The van der Waals surface area contributed by atoms with E-state index in [9.17, 15) is 14.4 Å². The maximum absolute atomic E-state index is 14.1. The first-order valence-corrected chi connectivity index (χ1v) is 13.7. The Labute approximate surface area is 239 Å². The third kappa shape index (κ3) is 5.23. The van der Waals surface area contributed by atoms with Gasteiger partial charge < -0.3 is 24.7 Å². The van der Waals surface area contributed by atoms with E-state index in [1.165, 1.54) is 19.1 Å². The normalized spacial score (nSPS) is 16.1. The summed E-state index contributed by atoms with van der Waals surface area (Å²) in [7, 11) is 2.66. The van der Waals surface area contributed by atoms with Crippen molar-refractivity contribution in [1.82, 2.24) is 9.88 Å². The first kappa shape index (κ1) is 27.8. The molecule has 4 aromatic rings. The Kier molecular flexibility index (Phi) is 7.96. The Morgan fingerprint density at radius 1 is 0.927 bits per heavy atom. The van der Waals surface area contributed by atoms with Gasteiger partial charge in [0.2, 0.25) is 0 Å². The Bertz CT molecular complexity index is 1560. The van der Waals surface area contributed by atoms with Crippen molar-refractivity contribution >= 4 is 40.2 Å². The number of para-hydroxylation sites is 1. The monoisotopic (exact) mass is 554 g/mol. The number of hydrogen-bond donors (Lipinski definition) is 2. The lowest BCUT2D eigenvalue weighted by molar-refractivity contribution is -0.146. The summed E-state index contributed by atoms with van der Waals surface area (Å²) >= 11 is 0. The summed E-state index contributed by atoms with van der Waals surface area (Å²) in [6.07, 6.45) is 0.289. The lowest BCUT2D eigenvalue weighted by atomic mass is 9.88. The van der Waals surface area contributed by atoms with Crippen LogP contribution in [0.5, 0.6) is 0 Å². The van der Waals surface area contributed by atoms with Crippen molar-refractivity contribution < 1.29 is 23.9 Å². The average Bonchev–Trinajstić information content (AvgIpc) is 3.39. The largest absolute Gasteiger partial charge is 0.467 e. The number of nitrogens with one attached hydrogen (secondary N) is 2. The summed E-state index contributed by atoms with van der Waals surface area (Å²) in [5, 5.41) is 3.98. The van der Waals surface area contributed by atoms with Crippen molar-refractivity contribution in [2.24, 2.45) is 0 Å². The van der Waals surface area contributed by atoms with Crippen LogP contribution in [0.25, 0.3) is 10.9 Å². The molecular formula is C32H34N4O5. The molecular weight excluding hydrogens is 520 g/mol. The van der Waals surface area contributed by atoms with Crippen molar-refractivity contribution in [1.29, 1.82) is 0 Å². The van der Waals surface area contributed by atoms with E-state index in [-0.39, 0.29) is 6.42 Å². The number of fused-ring (bicyclic) bond motifs is 3. The Hall–Kier alpha value is -4.79. The Balaban J connectivity index is 1.59. The molecule has 5 rings (SSSR count). The zero-order valence-electron chi connectivity index (χ0n) is 23.6. The molecule has 2 N–H and O–H groups in total. The van der Waals surface area contributed by atoms with Crippen molar-refractivity contribution in [3.8, 4) is 0 Å². The fraction of sp³-hybridized carbons (Fsp3) is 0.281. The number of esters is 2. The maximum Gasteiger partial charge on any atom is 0.337 e. The molecule has 41 heavy (non-hydrogen) atoms. The average molecular weight is 555 g/mol. The smallest absolute Gasteiger partial charge is 0.337 e. The minimum atomic E-state index is -0.882. The van der Waals surface area contributed by atoms with Gasteiger partial charge in [-0.3, -0.25) is 4.90 Å². The van der Waals surface area contributed by atoms with Gasteiger partial charge in [0, 0.05) is 47.5 Å². The van der Waals surface area contributed by atoms with E-state index in [0.717, 1.165) is 46.5 Å². The highest BCUT2D eigenvalue weighted by Crippen LogP contribution is 2.41. The lowest BCUT2D eigenvalue weighted by Crippen LogP contribution is -2.53. The Morgan fingerprint density at radius 2 is 1.61 bits per heavy atom. The molecule has 2 unspecified atom stereocenters. The van der Waals surface area contributed by atoms with Gasteiger partial charge in [0.1, 0.15) is 12.1 Å². The van der Waals surface area contributed by atoms with Crippen LogP contribution in [0.2, 0.25) is 0 Å². The summed E-state index contributed by atoms with van der Waals surface area (Å²) < 4.78 is 10.1. The van der Waals surface area contributed by atoms with Gasteiger partial charge in [0.25, 0.3) is 0 Å². The summed E-state index contributed by atoms with van der Waals surface area (Å²) in [5.74, 6) is -0.967. The van der Waals surface area contributed by atoms with Gasteiger partial charge >= 0.3 is 18.0 Å². The number of benzene rings is 3. The molecule has 0 radical (unpaired) electrons. The number of hydrogen-bond acceptors (Lipinski definition) is 6. The third-order valence-corrected chi connectivity index (χ3v) is 7.73. The minimum Gasteiger partial charge on any atom is -0.467 e. The lowest BCUT2D eigenvalue weighted by Gasteiger charge is -2.40. The molecule has 0 spiro atoms. The molecule has 0 saturated heterocycles. The first-order valence-electron chi connectivity index (χ1n) is 13.7. The topological polar surface area (TPSA) is 104 Å². The van der Waals surface area contributed by atoms with Gasteiger partial charge in [-0.2, -0.15) is 0 Å². The zero-order valence-corrected chi connectivity index (χ0v) is 23.6. The van der Waals surface area contributed by atoms with Crippen LogP contribution in [-0.4, -0.2) is 61.2 Å². The summed E-state index contributed by atoms with van der Waals surface area (Å²) in [5.41, 5.74) is 5.45. The zero-order chi connectivity index (χ0) is 29.1. The number of ether oxygens (including phenoxy) is 2. The molecule has 0 saturated carbocycles. The summed E-state index contributed by atoms with van der Waals surface area (Å²) in [4.78, 5) is 46.7. The number of urea groups is 1. The van der Waals surface area contributed by atoms with Crippen LogP contribution in [0.1, 0.15) is 47.1 Å². The van der Waals surface area contributed by atoms with E-state index >= 15 is 0 Å². The van der Waals surface area contributed by atoms with Crippen LogP contribution < -0.4 is 10.2 Å². The van der Waals surface area contributed by atoms with E-state index < -0.39 is 30.1 Å². The number of aromatic amines is 1. The van der Waals surface area contributed by atoms with Crippen molar-refractivity contribution in [2.45, 2.75) is 32.4 Å². The number of aromatic nitrogens is 1. The van der Waals surface area contributed by atoms with Crippen LogP contribution in [0, 0.1) is 0 Å². The molecule has 0 fully saturated rings. The fourth-order valence-corrected chi connectivity index (χ4v) is 5.66. The summed E-state index contributed by atoms with van der Waals surface area (Å²) in [6, 6.07) is 20.4. The van der Waals surface area contributed by atoms with Gasteiger partial charge in [-0.15, -0.1) is 0 Å². The molecule has 9 nitrogen and oxygen atoms in total. The highest BCUT2D eigenvalue weighted by Gasteiger charge is 2.44. The van der Waals surface area contributed by atoms with E-state index in [1.54, 1.807) is 24.3 Å². The van der Waals surface area contributed by atoms with Gasteiger partial charge in [-0.25, -0.2) is 14.4 Å². The van der Waals surface area contributed by atoms with Gasteiger partial charge in [-0.05, 0) is 67.4 Å². The van der Waals surface area contributed by atoms with Crippen molar-refractivity contribution in [3.63, 3.8) is 0 Å². The maximum atomic E-state index is 14.1. The van der Waals surface area contributed by atoms with E-state index in [0.29, 0.717) is 11.3 Å². The van der Waals surface area contributed by atoms with E-state index in [1.807, 2.05) is 48.5 Å². The molecule has 9 heteroatoms. The fourth-order valence-electron chi connectivity index (χ4n) is 5.66. The van der Waals surface area contributed by atoms with Crippen molar-refractivity contribution in [3.05, 3.63) is 95.2 Å². The molecule has 2 amide bonds. The highest BCUT2D eigenvalue weighted by molar-refractivity contribution is 5.96. The molecule has 1 aromatic heterocycles. The van der Waals surface area contributed by atoms with E-state index in [2.05, 4.69) is 29.0 Å². The van der Waals surface area contributed by atoms with Crippen LogP contribution in [0.4, 0.5) is 16.2 Å². The number of amides is 2. The van der Waals surface area contributed by atoms with Crippen LogP contribution in [0.15, 0.2) is 72.8 Å². The van der Waals surface area contributed by atoms with Gasteiger partial charge in [-0.1, -0.05) is 30.3 Å². The molecule has 1 aliphatic heterocycles. The standard InChI is InChI=1S/C32H34N4O5/c1-5-35(6-2)23-17-15-22(16-18-23)33-32(39)36-27(31(38)41-4)19-25-24-9-7-8-10-26(24)34-28(25)29(36)20-11-13-21(14-12-20)30(37)40-3/h7-18,27,29,34H,5-6,19H2,1-4H3,(H,33,39). The quantitative estimate of drug-likeness (QED) is 0.292. The number of rotatable bonds is 7. The number of H-pyrrole nitrogens is 1. The SMILES string of the molecule is CCN(CC)c1ccc(NC(=O)N2C(C(=O)OC)Cc3c([nH]c4ccccc34)C2c2ccc(C(=O)OC)cc2)cc1. The number of methoxy groups -OCH3 is 2. The number of nitrogens with zero attached hydrogens (tertiary/aromatic N) is 2. The van der Waals surface area contributed by atoms with Gasteiger partial charge in [0.15, 0.2) is 0 Å². The molecule has 1 aliphatic rings. The number of anilines is 2. The molecule has 3 aromatic carbocycles. The predicted molar refractivity (Wildman–Crippen MR) is 158 cm³/mol. The van der Waals surface area contributed by atoms with Crippen LogP contribution in [0.3, 0.4) is 0 Å². The highest BCUT2D eigenvalue weighted by atomic mass is 16.5. The molecule has 0 aliphatic carbocycles. The molecule has 2 heterocycles. The molecule has 212 valence electrons. The third-order valence-electron chi connectivity index (χ3n) is 7.73. The van der Waals surface area contributed by atoms with Crippen LogP contribution in [-0.2, 0) is 20.7 Å². The summed E-state index contributed by atoms with van der Waals surface area (Å²) in [6.45, 7) is 5.94. The molecule has 0 bridgehead atoms. The first-order chi connectivity index (χ1) is 19.9. The molecule has 2 atom stereocenters.